The normalized spacial score (nSPS) is 17.6. The van der Waals surface area contributed by atoms with E-state index in [2.05, 4.69) is 10.2 Å². The molecule has 0 unspecified atom stereocenters. The van der Waals surface area contributed by atoms with Gasteiger partial charge in [-0.3, -0.25) is 0 Å². The third kappa shape index (κ3) is 4.83. The van der Waals surface area contributed by atoms with Gasteiger partial charge in [-0.2, -0.15) is 13.2 Å². The van der Waals surface area contributed by atoms with Crippen LogP contribution in [-0.4, -0.2) is 58.2 Å². The second-order valence-electron chi connectivity index (χ2n) is 5.84. The van der Waals surface area contributed by atoms with E-state index in [1.807, 2.05) is 0 Å². The Morgan fingerprint density at radius 1 is 1.28 bits per heavy atom. The molecule has 0 radical (unpaired) electrons. The van der Waals surface area contributed by atoms with E-state index in [0.717, 1.165) is 18.7 Å². The number of sulfone groups is 1. The molecule has 2 rings (SSSR count). The Bertz CT molecular complexity index is 687. The van der Waals surface area contributed by atoms with Crippen molar-refractivity contribution in [2.45, 2.75) is 29.3 Å². The van der Waals surface area contributed by atoms with Crippen LogP contribution in [0.4, 0.5) is 23.2 Å². The van der Waals surface area contributed by atoms with Crippen LogP contribution in [0.1, 0.15) is 12.8 Å². The Labute approximate surface area is 143 Å². The number of rotatable bonds is 6. The molecule has 0 aliphatic carbocycles. The van der Waals surface area contributed by atoms with Gasteiger partial charge >= 0.3 is 5.51 Å². The number of piperidine rings is 1. The van der Waals surface area contributed by atoms with Gasteiger partial charge in [-0.1, -0.05) is 0 Å². The number of hydrogen-bond acceptors (Lipinski definition) is 5. The number of alkyl halides is 3. The van der Waals surface area contributed by atoms with Gasteiger partial charge in [-0.05, 0) is 31.0 Å². The number of anilines is 1. The van der Waals surface area contributed by atoms with Gasteiger partial charge in [0.05, 0.1) is 12.3 Å². The van der Waals surface area contributed by atoms with E-state index >= 15 is 0 Å². The van der Waals surface area contributed by atoms with Crippen molar-refractivity contribution in [2.75, 3.05) is 38.7 Å². The van der Waals surface area contributed by atoms with E-state index in [-0.39, 0.29) is 11.7 Å². The first-order valence-corrected chi connectivity index (χ1v) is 9.22. The quantitative estimate of drug-likeness (QED) is 0.765. The third-order valence-corrected chi connectivity index (χ3v) is 5.62. The molecule has 0 aromatic heterocycles. The van der Waals surface area contributed by atoms with Crippen molar-refractivity contribution in [3.8, 4) is 0 Å². The summed E-state index contributed by atoms with van der Waals surface area (Å²) < 4.78 is 80.2. The highest BCUT2D eigenvalue weighted by atomic mass is 32.2. The summed E-state index contributed by atoms with van der Waals surface area (Å²) in [5.41, 5.74) is -5.71. The van der Waals surface area contributed by atoms with Crippen molar-refractivity contribution in [1.82, 2.24) is 4.90 Å². The predicted octanol–water partition coefficient (Wildman–Crippen LogP) is 2.64. The molecule has 0 saturated carbocycles. The van der Waals surface area contributed by atoms with Gasteiger partial charge in [0.2, 0.25) is 0 Å². The van der Waals surface area contributed by atoms with Crippen LogP contribution in [0.25, 0.3) is 0 Å². The molecule has 0 amide bonds. The summed E-state index contributed by atoms with van der Waals surface area (Å²) in [6.07, 6.45) is 1.26. The molecule has 1 aromatic carbocycles. The van der Waals surface area contributed by atoms with Gasteiger partial charge in [0.15, 0.2) is 0 Å². The number of benzene rings is 1. The molecule has 10 heteroatoms. The topological polar surface area (TPSA) is 58.6 Å². The molecule has 0 spiro atoms. The summed E-state index contributed by atoms with van der Waals surface area (Å²) in [5.74, 6) is -1.04. The molecule has 1 fully saturated rings. The van der Waals surface area contributed by atoms with Crippen molar-refractivity contribution in [2.24, 2.45) is 0 Å². The van der Waals surface area contributed by atoms with Crippen LogP contribution in [0.5, 0.6) is 0 Å². The predicted molar refractivity (Wildman–Crippen MR) is 84.6 cm³/mol. The maximum absolute atomic E-state index is 13.3. The van der Waals surface area contributed by atoms with Crippen molar-refractivity contribution in [3.63, 3.8) is 0 Å². The molecule has 1 heterocycles. The minimum absolute atomic E-state index is 0.188. The first-order valence-electron chi connectivity index (χ1n) is 7.74. The van der Waals surface area contributed by atoms with Gasteiger partial charge in [0, 0.05) is 32.8 Å². The number of likely N-dealkylation sites (tertiary alicyclic amines) is 1. The van der Waals surface area contributed by atoms with Crippen molar-refractivity contribution in [1.29, 1.82) is 0 Å². The van der Waals surface area contributed by atoms with E-state index in [1.54, 1.807) is 7.11 Å². The maximum Gasteiger partial charge on any atom is 0.501 e. The lowest BCUT2D eigenvalue weighted by molar-refractivity contribution is -0.0435. The molecule has 1 aliphatic rings. The number of nitrogens with zero attached hydrogens (tertiary/aromatic N) is 1. The molecule has 25 heavy (non-hydrogen) atoms. The Morgan fingerprint density at radius 2 is 1.92 bits per heavy atom. The highest BCUT2D eigenvalue weighted by Crippen LogP contribution is 2.35. The Morgan fingerprint density at radius 3 is 2.48 bits per heavy atom. The van der Waals surface area contributed by atoms with Gasteiger partial charge in [0.1, 0.15) is 10.7 Å². The fourth-order valence-electron chi connectivity index (χ4n) is 2.70. The van der Waals surface area contributed by atoms with E-state index in [9.17, 15) is 26.0 Å². The number of halogens is 4. The summed E-state index contributed by atoms with van der Waals surface area (Å²) in [5, 5.41) is 2.83. The van der Waals surface area contributed by atoms with E-state index in [4.69, 9.17) is 4.74 Å². The smallest absolute Gasteiger partial charge is 0.383 e. The SMILES string of the molecule is COCCN1CCC(Nc2ccc(F)cc2S(=O)(=O)C(F)(F)F)CC1. The van der Waals surface area contributed by atoms with E-state index in [1.165, 1.54) is 0 Å². The summed E-state index contributed by atoms with van der Waals surface area (Å²) in [6.45, 7) is 2.77. The lowest BCUT2D eigenvalue weighted by Crippen LogP contribution is -2.40. The van der Waals surface area contributed by atoms with Crippen LogP contribution in [0.3, 0.4) is 0 Å². The number of hydrogen-bond donors (Lipinski definition) is 1. The number of methoxy groups -OCH3 is 1. The van der Waals surface area contributed by atoms with Crippen LogP contribution in [0, 0.1) is 5.82 Å². The zero-order valence-electron chi connectivity index (χ0n) is 13.6. The molecule has 142 valence electrons. The summed E-state index contributed by atoms with van der Waals surface area (Å²) >= 11 is 0. The Kier molecular flexibility index (Phi) is 6.28. The highest BCUT2D eigenvalue weighted by molar-refractivity contribution is 7.92. The lowest BCUT2D eigenvalue weighted by atomic mass is 10.0. The minimum atomic E-state index is -5.63. The minimum Gasteiger partial charge on any atom is -0.383 e. The molecular weight excluding hydrogens is 364 g/mol. The fourth-order valence-corrected chi connectivity index (χ4v) is 3.64. The molecule has 5 nitrogen and oxygen atoms in total. The van der Waals surface area contributed by atoms with Crippen LogP contribution in [0.15, 0.2) is 23.1 Å². The number of ether oxygens (including phenoxy) is 1. The molecule has 0 bridgehead atoms. The first-order chi connectivity index (χ1) is 11.6. The average Bonchev–Trinajstić information content (AvgIpc) is 2.54. The molecule has 0 atom stereocenters. The zero-order valence-corrected chi connectivity index (χ0v) is 14.5. The molecule has 1 saturated heterocycles. The first kappa shape index (κ1) is 19.9. The van der Waals surface area contributed by atoms with Crippen molar-refractivity contribution >= 4 is 15.5 Å². The molecule has 1 N–H and O–H groups in total. The standard InChI is InChI=1S/C15H20F4N2O3S/c1-24-9-8-21-6-4-12(5-7-21)20-13-3-2-11(16)10-14(13)25(22,23)15(17,18)19/h2-3,10,12,20H,4-9H2,1H3. The van der Waals surface area contributed by atoms with Gasteiger partial charge in [0.25, 0.3) is 9.84 Å². The fraction of sp³-hybridized carbons (Fsp3) is 0.600. The summed E-state index contributed by atoms with van der Waals surface area (Å²) in [4.78, 5) is 1.07. The van der Waals surface area contributed by atoms with Gasteiger partial charge < -0.3 is 15.0 Å². The average molecular weight is 384 g/mol. The number of nitrogens with one attached hydrogen (secondary N) is 1. The second kappa shape index (κ2) is 7.88. The summed E-state index contributed by atoms with van der Waals surface area (Å²) in [7, 11) is -4.03. The zero-order chi connectivity index (χ0) is 18.7. The summed E-state index contributed by atoms with van der Waals surface area (Å²) in [6, 6.07) is 2.18. The van der Waals surface area contributed by atoms with E-state index < -0.39 is 26.1 Å². The third-order valence-electron chi connectivity index (χ3n) is 4.10. The van der Waals surface area contributed by atoms with Gasteiger partial charge in [-0.25, -0.2) is 12.8 Å². The van der Waals surface area contributed by atoms with Crippen LogP contribution < -0.4 is 5.32 Å². The lowest BCUT2D eigenvalue weighted by Gasteiger charge is -2.33. The Balaban J connectivity index is 2.14. The van der Waals surface area contributed by atoms with Crippen LogP contribution in [0.2, 0.25) is 0 Å². The molecule has 1 aliphatic heterocycles. The Hall–Kier alpha value is -1.39. The highest BCUT2D eigenvalue weighted by Gasteiger charge is 2.48. The van der Waals surface area contributed by atoms with E-state index in [0.29, 0.717) is 38.6 Å². The van der Waals surface area contributed by atoms with Crippen LogP contribution in [-0.2, 0) is 14.6 Å². The van der Waals surface area contributed by atoms with Crippen molar-refractivity contribution in [3.05, 3.63) is 24.0 Å². The van der Waals surface area contributed by atoms with Gasteiger partial charge in [-0.15, -0.1) is 0 Å². The van der Waals surface area contributed by atoms with Crippen LogP contribution >= 0.6 is 0 Å². The monoisotopic (exact) mass is 384 g/mol. The van der Waals surface area contributed by atoms with Crippen molar-refractivity contribution < 1.29 is 30.7 Å². The molecular formula is C15H20F4N2O3S. The largest absolute Gasteiger partial charge is 0.501 e. The maximum atomic E-state index is 13.3. The molecule has 1 aromatic rings. The second-order valence-corrected chi connectivity index (χ2v) is 7.75.